The van der Waals surface area contributed by atoms with Crippen LogP contribution in [0.1, 0.15) is 29.2 Å². The average molecular weight is 420 g/mol. The van der Waals surface area contributed by atoms with Gasteiger partial charge in [-0.25, -0.2) is 15.0 Å². The second-order valence-electron chi connectivity index (χ2n) is 7.48. The summed E-state index contributed by atoms with van der Waals surface area (Å²) in [6.45, 7) is 3.54. The first-order valence-electron chi connectivity index (χ1n) is 10.2. The maximum Gasteiger partial charge on any atom is 0.246 e. The summed E-state index contributed by atoms with van der Waals surface area (Å²) in [7, 11) is 0. The van der Waals surface area contributed by atoms with Gasteiger partial charge in [-0.05, 0) is 62.4 Å². The molecule has 1 aliphatic heterocycles. The van der Waals surface area contributed by atoms with E-state index in [2.05, 4.69) is 21.4 Å². The van der Waals surface area contributed by atoms with Crippen LogP contribution in [0.3, 0.4) is 0 Å². The number of anilines is 2. The summed E-state index contributed by atoms with van der Waals surface area (Å²) in [5.41, 5.74) is 1.88. The van der Waals surface area contributed by atoms with Crippen molar-refractivity contribution in [3.63, 3.8) is 0 Å². The van der Waals surface area contributed by atoms with E-state index >= 15 is 0 Å². The molecule has 1 amide bonds. The van der Waals surface area contributed by atoms with Gasteiger partial charge in [-0.2, -0.15) is 0 Å². The van der Waals surface area contributed by atoms with Gasteiger partial charge in [-0.3, -0.25) is 4.79 Å². The summed E-state index contributed by atoms with van der Waals surface area (Å²) >= 11 is 1.59. The molecule has 7 heteroatoms. The number of hydrogen-bond acceptors (Lipinski definition) is 6. The Morgan fingerprint density at radius 2 is 2.13 bits per heavy atom. The molecule has 3 aromatic rings. The van der Waals surface area contributed by atoms with Crippen LogP contribution in [0.15, 0.2) is 54.1 Å². The van der Waals surface area contributed by atoms with Crippen LogP contribution >= 0.6 is 11.3 Å². The number of amides is 1. The third kappa shape index (κ3) is 5.51. The van der Waals surface area contributed by atoms with E-state index in [0.29, 0.717) is 5.92 Å². The van der Waals surface area contributed by atoms with E-state index in [1.807, 2.05) is 53.6 Å². The molecule has 1 aliphatic rings. The first kappa shape index (κ1) is 20.2. The van der Waals surface area contributed by atoms with Crippen LogP contribution in [0.5, 0.6) is 0 Å². The number of thiazole rings is 1. The largest absolute Gasteiger partial charge is 0.339 e. The molecule has 30 heavy (non-hydrogen) atoms. The highest BCUT2D eigenvalue weighted by Crippen LogP contribution is 2.22. The van der Waals surface area contributed by atoms with Gasteiger partial charge in [0, 0.05) is 36.4 Å². The molecule has 0 saturated carbocycles. The number of piperidine rings is 1. The summed E-state index contributed by atoms with van der Waals surface area (Å²) in [6, 6.07) is 11.8. The van der Waals surface area contributed by atoms with E-state index in [4.69, 9.17) is 4.98 Å². The number of aryl methyl sites for hydroxylation is 1. The normalized spacial score (nSPS) is 16.7. The second-order valence-corrected chi connectivity index (χ2v) is 8.54. The fourth-order valence-corrected chi connectivity index (χ4v) is 4.26. The Hall–Kier alpha value is -3.06. The van der Waals surface area contributed by atoms with Crippen molar-refractivity contribution in [2.45, 2.75) is 26.2 Å². The van der Waals surface area contributed by atoms with Crippen LogP contribution in [-0.2, 0) is 11.2 Å². The van der Waals surface area contributed by atoms with Crippen LogP contribution in [0.25, 0.3) is 6.08 Å². The quantitative estimate of drug-likeness (QED) is 0.597. The summed E-state index contributed by atoms with van der Waals surface area (Å²) in [4.78, 5) is 28.0. The molecule has 0 bridgehead atoms. The number of nitrogens with zero attached hydrogens (tertiary/aromatic N) is 4. The number of likely N-dealkylation sites (tertiary alicyclic amines) is 1. The summed E-state index contributed by atoms with van der Waals surface area (Å²) < 4.78 is 0. The smallest absolute Gasteiger partial charge is 0.246 e. The second kappa shape index (κ2) is 9.63. The number of rotatable bonds is 6. The van der Waals surface area contributed by atoms with Gasteiger partial charge >= 0.3 is 0 Å². The highest BCUT2D eigenvalue weighted by atomic mass is 32.1. The molecule has 0 spiro atoms. The first-order valence-corrected chi connectivity index (χ1v) is 11.1. The Bertz CT molecular complexity index is 1020. The monoisotopic (exact) mass is 419 g/mol. The van der Waals surface area contributed by atoms with Crippen molar-refractivity contribution in [3.8, 4) is 0 Å². The Labute approximate surface area is 180 Å². The highest BCUT2D eigenvalue weighted by molar-refractivity contribution is 7.09. The fourth-order valence-electron chi connectivity index (χ4n) is 3.68. The third-order valence-corrected chi connectivity index (χ3v) is 5.88. The molecule has 0 unspecified atom stereocenters. The van der Waals surface area contributed by atoms with Gasteiger partial charge in [0.25, 0.3) is 0 Å². The molecule has 0 aromatic carbocycles. The number of carbonyl (C=O) groups excluding carboxylic acids is 1. The fraction of sp³-hybridized carbons (Fsp3) is 0.304. The Morgan fingerprint density at radius 1 is 1.23 bits per heavy atom. The molecule has 1 saturated heterocycles. The van der Waals surface area contributed by atoms with Crippen LogP contribution in [-0.4, -0.2) is 38.8 Å². The SMILES string of the molecule is Cc1nc(/C=C/C(=O)N2CCC[C@H](Cc3cccc(Nc4ccccn4)n3)C2)cs1. The van der Waals surface area contributed by atoms with Crippen LogP contribution in [0, 0.1) is 12.8 Å². The maximum atomic E-state index is 12.6. The molecule has 1 N–H and O–H groups in total. The van der Waals surface area contributed by atoms with Crippen molar-refractivity contribution in [1.82, 2.24) is 19.9 Å². The lowest BCUT2D eigenvalue weighted by Crippen LogP contribution is -2.39. The van der Waals surface area contributed by atoms with Gasteiger partial charge in [0.15, 0.2) is 0 Å². The number of carbonyl (C=O) groups is 1. The molecule has 1 fully saturated rings. The van der Waals surface area contributed by atoms with E-state index < -0.39 is 0 Å². The van der Waals surface area contributed by atoms with Crippen LogP contribution in [0.4, 0.5) is 11.6 Å². The highest BCUT2D eigenvalue weighted by Gasteiger charge is 2.23. The predicted molar refractivity (Wildman–Crippen MR) is 121 cm³/mol. The molecular weight excluding hydrogens is 394 g/mol. The van der Waals surface area contributed by atoms with Crippen molar-refractivity contribution in [2.75, 3.05) is 18.4 Å². The van der Waals surface area contributed by atoms with E-state index in [0.717, 1.165) is 60.4 Å². The number of hydrogen-bond donors (Lipinski definition) is 1. The number of nitrogens with one attached hydrogen (secondary N) is 1. The molecule has 0 radical (unpaired) electrons. The zero-order chi connectivity index (χ0) is 20.8. The van der Waals surface area contributed by atoms with E-state index in [1.165, 1.54) is 0 Å². The van der Waals surface area contributed by atoms with Crippen molar-refractivity contribution < 1.29 is 4.79 Å². The molecule has 3 aromatic heterocycles. The van der Waals surface area contributed by atoms with Crippen molar-refractivity contribution >= 4 is 35.0 Å². The molecule has 6 nitrogen and oxygen atoms in total. The maximum absolute atomic E-state index is 12.6. The predicted octanol–water partition coefficient (Wildman–Crippen LogP) is 4.48. The third-order valence-electron chi connectivity index (χ3n) is 5.09. The van der Waals surface area contributed by atoms with E-state index in [9.17, 15) is 4.79 Å². The molecule has 0 aliphatic carbocycles. The van der Waals surface area contributed by atoms with Gasteiger partial charge in [0.2, 0.25) is 5.91 Å². The van der Waals surface area contributed by atoms with Crippen molar-refractivity contribution in [1.29, 1.82) is 0 Å². The van der Waals surface area contributed by atoms with Crippen molar-refractivity contribution in [2.24, 2.45) is 5.92 Å². The van der Waals surface area contributed by atoms with E-state index in [-0.39, 0.29) is 5.91 Å². The van der Waals surface area contributed by atoms with E-state index in [1.54, 1.807) is 23.6 Å². The molecule has 4 rings (SSSR count). The standard InChI is InChI=1S/C23H25N5OS/c1-17-25-20(16-30-17)10-11-23(29)28-13-5-6-18(15-28)14-19-7-4-9-22(26-19)27-21-8-2-3-12-24-21/h2-4,7-12,16,18H,5-6,13-15H2,1H3,(H,24,26,27)/b11-10+/t18-/m1/s1. The van der Waals surface area contributed by atoms with Gasteiger partial charge in [-0.15, -0.1) is 11.3 Å². The lowest BCUT2D eigenvalue weighted by molar-refractivity contribution is -0.127. The summed E-state index contributed by atoms with van der Waals surface area (Å²) in [6.07, 6.45) is 8.20. The topological polar surface area (TPSA) is 71.0 Å². The Kier molecular flexibility index (Phi) is 6.49. The summed E-state index contributed by atoms with van der Waals surface area (Å²) in [5, 5.41) is 6.22. The lowest BCUT2D eigenvalue weighted by atomic mass is 9.93. The zero-order valence-electron chi connectivity index (χ0n) is 17.0. The Balaban J connectivity index is 1.35. The molecular formula is C23H25N5OS. The minimum absolute atomic E-state index is 0.0591. The zero-order valence-corrected chi connectivity index (χ0v) is 17.8. The molecule has 4 heterocycles. The number of aromatic nitrogens is 3. The van der Waals surface area contributed by atoms with Crippen LogP contribution < -0.4 is 5.32 Å². The van der Waals surface area contributed by atoms with Crippen molar-refractivity contribution in [3.05, 3.63) is 70.4 Å². The minimum Gasteiger partial charge on any atom is -0.339 e. The Morgan fingerprint density at radius 3 is 2.93 bits per heavy atom. The van der Waals surface area contributed by atoms with Gasteiger partial charge in [0.1, 0.15) is 11.6 Å². The van der Waals surface area contributed by atoms with Gasteiger partial charge in [0.05, 0.1) is 10.7 Å². The lowest BCUT2D eigenvalue weighted by Gasteiger charge is -2.32. The molecule has 1 atom stereocenters. The first-order chi connectivity index (χ1) is 14.7. The minimum atomic E-state index is 0.0591. The van der Waals surface area contributed by atoms with Gasteiger partial charge in [-0.1, -0.05) is 12.1 Å². The average Bonchev–Trinajstić information content (AvgIpc) is 3.18. The van der Waals surface area contributed by atoms with Crippen LogP contribution in [0.2, 0.25) is 0 Å². The number of pyridine rings is 2. The summed E-state index contributed by atoms with van der Waals surface area (Å²) in [5.74, 6) is 2.04. The molecule has 154 valence electrons. The van der Waals surface area contributed by atoms with Gasteiger partial charge < -0.3 is 10.2 Å².